The molecule has 0 saturated carbocycles. The Morgan fingerprint density at radius 1 is 0.944 bits per heavy atom. The van der Waals surface area contributed by atoms with Crippen molar-refractivity contribution in [2.24, 2.45) is 4.99 Å². The maximum atomic E-state index is 9.94. The van der Waals surface area contributed by atoms with Crippen molar-refractivity contribution in [1.29, 1.82) is 0 Å². The molecule has 0 spiro atoms. The smallest absolute Gasteiger partial charge is 0.181 e. The number of thiophene rings is 1. The number of hydrogen-bond donors (Lipinski definition) is 1. The second kappa shape index (κ2) is 4.63. The number of aliphatic imine (C=N–C) groups is 1. The summed E-state index contributed by atoms with van der Waals surface area (Å²) in [5, 5.41) is 11.3. The van der Waals surface area contributed by atoms with Crippen LogP contribution in [0.2, 0.25) is 0 Å². The first-order valence-corrected chi connectivity index (χ1v) is 6.46. The predicted octanol–water partition coefficient (Wildman–Crippen LogP) is 4.36. The van der Waals surface area contributed by atoms with Gasteiger partial charge in [-0.15, -0.1) is 0 Å². The molecule has 0 aliphatic rings. The molecule has 0 fully saturated rings. The normalized spacial score (nSPS) is 11.3. The van der Waals surface area contributed by atoms with Gasteiger partial charge in [0, 0.05) is 16.3 Å². The van der Waals surface area contributed by atoms with Crippen molar-refractivity contribution in [3.05, 3.63) is 60.2 Å². The molecule has 0 amide bonds. The van der Waals surface area contributed by atoms with Gasteiger partial charge in [-0.3, -0.25) is 4.99 Å². The summed E-state index contributed by atoms with van der Waals surface area (Å²) >= 11 is 1.38. The fourth-order valence-electron chi connectivity index (χ4n) is 1.83. The zero-order valence-corrected chi connectivity index (χ0v) is 10.4. The van der Waals surface area contributed by atoms with E-state index in [-0.39, 0.29) is 0 Å². The summed E-state index contributed by atoms with van der Waals surface area (Å²) in [6.45, 7) is 0. The Bertz CT molecular complexity index is 701. The lowest BCUT2D eigenvalue weighted by molar-refractivity contribution is 0.490. The maximum Gasteiger partial charge on any atom is 0.181 e. The number of benzene rings is 2. The van der Waals surface area contributed by atoms with Gasteiger partial charge in [-0.1, -0.05) is 47.7 Å². The van der Waals surface area contributed by atoms with Crippen LogP contribution in [0.25, 0.3) is 10.1 Å². The lowest BCUT2D eigenvalue weighted by Gasteiger charge is -1.93. The molecule has 2 aromatic carbocycles. The Labute approximate surface area is 109 Å². The summed E-state index contributed by atoms with van der Waals surface area (Å²) in [6, 6.07) is 17.6. The summed E-state index contributed by atoms with van der Waals surface area (Å²) in [7, 11) is 0. The van der Waals surface area contributed by atoms with E-state index in [2.05, 4.69) is 4.99 Å². The van der Waals surface area contributed by atoms with Gasteiger partial charge in [0.05, 0.1) is 11.3 Å². The van der Waals surface area contributed by atoms with Crippen LogP contribution in [0.1, 0.15) is 5.56 Å². The largest absolute Gasteiger partial charge is 0.499 e. The van der Waals surface area contributed by atoms with Gasteiger partial charge in [-0.2, -0.15) is 0 Å². The molecule has 3 rings (SSSR count). The van der Waals surface area contributed by atoms with Crippen molar-refractivity contribution in [3.63, 3.8) is 0 Å². The molecule has 3 heteroatoms. The molecular formula is C15H11NOS. The molecule has 88 valence electrons. The van der Waals surface area contributed by atoms with Crippen LogP contribution < -0.4 is 0 Å². The first-order chi connectivity index (χ1) is 8.84. The highest BCUT2D eigenvalue weighted by atomic mass is 32.1. The topological polar surface area (TPSA) is 32.6 Å². The van der Waals surface area contributed by atoms with Crippen LogP contribution in [0.15, 0.2) is 59.6 Å². The number of nitrogens with zero attached hydrogens (tertiary/aromatic N) is 1. The average molecular weight is 253 g/mol. The summed E-state index contributed by atoms with van der Waals surface area (Å²) in [5.41, 5.74) is 1.67. The van der Waals surface area contributed by atoms with Crippen LogP contribution in [0.5, 0.6) is 5.06 Å². The lowest BCUT2D eigenvalue weighted by Crippen LogP contribution is -1.78. The number of rotatable bonds is 2. The van der Waals surface area contributed by atoms with Gasteiger partial charge in [-0.05, 0) is 18.2 Å². The van der Waals surface area contributed by atoms with Crippen LogP contribution in [0.4, 0.5) is 5.69 Å². The van der Waals surface area contributed by atoms with E-state index in [1.165, 1.54) is 11.3 Å². The summed E-state index contributed by atoms with van der Waals surface area (Å²) < 4.78 is 1.07. The molecule has 0 unspecified atom stereocenters. The monoisotopic (exact) mass is 253 g/mol. The third kappa shape index (κ3) is 2.00. The highest BCUT2D eigenvalue weighted by molar-refractivity contribution is 7.21. The molecule has 0 bridgehead atoms. The first kappa shape index (κ1) is 11.0. The van der Waals surface area contributed by atoms with Gasteiger partial charge >= 0.3 is 0 Å². The Balaban J connectivity index is 2.05. The zero-order valence-electron chi connectivity index (χ0n) is 9.58. The number of para-hydroxylation sites is 1. The molecule has 0 aliphatic heterocycles. The van der Waals surface area contributed by atoms with Crippen LogP contribution in [0, 0.1) is 0 Å². The van der Waals surface area contributed by atoms with Gasteiger partial charge < -0.3 is 5.11 Å². The summed E-state index contributed by atoms with van der Waals surface area (Å²) in [6.07, 6.45) is 1.73. The molecule has 18 heavy (non-hydrogen) atoms. The first-order valence-electron chi connectivity index (χ1n) is 5.64. The van der Waals surface area contributed by atoms with Gasteiger partial charge in [0.1, 0.15) is 0 Å². The molecule has 0 saturated heterocycles. The summed E-state index contributed by atoms with van der Waals surface area (Å²) in [4.78, 5) is 4.38. The Hall–Kier alpha value is -2.13. The molecule has 0 atom stereocenters. The highest BCUT2D eigenvalue weighted by Gasteiger charge is 2.08. The van der Waals surface area contributed by atoms with Crippen molar-refractivity contribution in [3.8, 4) is 5.06 Å². The van der Waals surface area contributed by atoms with Crippen molar-refractivity contribution in [2.45, 2.75) is 0 Å². The number of aromatic hydroxyl groups is 1. The fourth-order valence-corrected chi connectivity index (χ4v) is 2.75. The molecule has 0 aliphatic carbocycles. The SMILES string of the molecule is Oc1sc2ccccc2c1C=Nc1ccccc1. The zero-order chi connectivity index (χ0) is 12.4. The van der Waals surface area contributed by atoms with Gasteiger partial charge in [0.15, 0.2) is 5.06 Å². The molecule has 1 N–H and O–H groups in total. The van der Waals surface area contributed by atoms with E-state index in [0.717, 1.165) is 21.3 Å². The van der Waals surface area contributed by atoms with Gasteiger partial charge in [0.2, 0.25) is 0 Å². The van der Waals surface area contributed by atoms with E-state index in [1.807, 2.05) is 54.6 Å². The molecule has 0 radical (unpaired) electrons. The molecular weight excluding hydrogens is 242 g/mol. The molecule has 1 heterocycles. The van der Waals surface area contributed by atoms with Crippen LogP contribution in [-0.2, 0) is 0 Å². The third-order valence-corrected chi connectivity index (χ3v) is 3.70. The van der Waals surface area contributed by atoms with Crippen LogP contribution in [0.3, 0.4) is 0 Å². The van der Waals surface area contributed by atoms with Crippen molar-refractivity contribution < 1.29 is 5.11 Å². The Morgan fingerprint density at radius 2 is 1.67 bits per heavy atom. The van der Waals surface area contributed by atoms with Gasteiger partial charge in [0.25, 0.3) is 0 Å². The number of fused-ring (bicyclic) bond motifs is 1. The van der Waals surface area contributed by atoms with E-state index in [1.54, 1.807) is 6.21 Å². The maximum absolute atomic E-state index is 9.94. The average Bonchev–Trinajstić information content (AvgIpc) is 2.73. The second-order valence-corrected chi connectivity index (χ2v) is 4.94. The van der Waals surface area contributed by atoms with E-state index in [9.17, 15) is 5.11 Å². The van der Waals surface area contributed by atoms with Crippen LogP contribution >= 0.6 is 11.3 Å². The molecule has 3 aromatic rings. The van der Waals surface area contributed by atoms with Crippen molar-refractivity contribution in [2.75, 3.05) is 0 Å². The van der Waals surface area contributed by atoms with E-state index in [4.69, 9.17) is 0 Å². The second-order valence-electron chi connectivity index (χ2n) is 3.91. The summed E-state index contributed by atoms with van der Waals surface area (Å²) in [5.74, 6) is 0. The van der Waals surface area contributed by atoms with Gasteiger partial charge in [-0.25, -0.2) is 0 Å². The molecule has 2 nitrogen and oxygen atoms in total. The molecule has 1 aromatic heterocycles. The van der Waals surface area contributed by atoms with E-state index in [0.29, 0.717) is 5.06 Å². The minimum atomic E-state index is 0.316. The highest BCUT2D eigenvalue weighted by Crippen LogP contribution is 2.35. The number of hydrogen-bond acceptors (Lipinski definition) is 3. The quantitative estimate of drug-likeness (QED) is 0.676. The Morgan fingerprint density at radius 3 is 2.50 bits per heavy atom. The Kier molecular flexibility index (Phi) is 2.82. The lowest BCUT2D eigenvalue weighted by atomic mass is 10.2. The van der Waals surface area contributed by atoms with E-state index >= 15 is 0 Å². The van der Waals surface area contributed by atoms with Crippen molar-refractivity contribution in [1.82, 2.24) is 0 Å². The third-order valence-electron chi connectivity index (χ3n) is 2.71. The fraction of sp³-hybridized carbons (Fsp3) is 0. The van der Waals surface area contributed by atoms with E-state index < -0.39 is 0 Å². The minimum Gasteiger partial charge on any atom is -0.499 e. The van der Waals surface area contributed by atoms with Crippen LogP contribution in [-0.4, -0.2) is 11.3 Å². The standard InChI is InChI=1S/C15H11NOS/c17-15-13(10-16-11-6-2-1-3-7-11)12-8-4-5-9-14(12)18-15/h1-10,17H. The minimum absolute atomic E-state index is 0.316. The van der Waals surface area contributed by atoms with Crippen molar-refractivity contribution >= 4 is 33.3 Å². The predicted molar refractivity (Wildman–Crippen MR) is 77.2 cm³/mol.